The van der Waals surface area contributed by atoms with E-state index in [0.29, 0.717) is 16.5 Å². The number of halogens is 1. The van der Waals surface area contributed by atoms with Gasteiger partial charge in [-0.1, -0.05) is 11.6 Å². The molecule has 0 atom stereocenters. The summed E-state index contributed by atoms with van der Waals surface area (Å²) in [6, 6.07) is 5.25. The highest BCUT2D eigenvalue weighted by molar-refractivity contribution is 6.30. The van der Waals surface area contributed by atoms with Crippen molar-refractivity contribution in [2.45, 2.75) is 18.9 Å². The smallest absolute Gasteiger partial charge is 0.223 e. The van der Waals surface area contributed by atoms with E-state index in [-0.39, 0.29) is 17.9 Å². The zero-order valence-electron chi connectivity index (χ0n) is 10.4. The Kier molecular flexibility index (Phi) is 3.97. The van der Waals surface area contributed by atoms with Crippen LogP contribution in [0.1, 0.15) is 12.8 Å². The van der Waals surface area contributed by atoms with E-state index in [0.717, 1.165) is 12.8 Å². The summed E-state index contributed by atoms with van der Waals surface area (Å²) in [6.45, 7) is 0. The molecule has 0 saturated heterocycles. The Balaban J connectivity index is 1.95. The van der Waals surface area contributed by atoms with Gasteiger partial charge in [-0.15, -0.1) is 0 Å². The second-order valence-electron chi connectivity index (χ2n) is 4.32. The lowest BCUT2D eigenvalue weighted by Crippen LogP contribution is -2.42. The maximum absolute atomic E-state index is 11.4. The molecule has 1 amide bonds. The number of hydrogen-bond acceptors (Lipinski definition) is 3. The van der Waals surface area contributed by atoms with Gasteiger partial charge in [0.1, 0.15) is 6.10 Å². The number of benzene rings is 1. The monoisotopic (exact) mass is 269 g/mol. The predicted octanol–water partition coefficient (Wildman–Crippen LogP) is 2.25. The van der Waals surface area contributed by atoms with Gasteiger partial charge in [0, 0.05) is 24.1 Å². The fourth-order valence-electron chi connectivity index (χ4n) is 2.00. The molecular weight excluding hydrogens is 254 g/mol. The summed E-state index contributed by atoms with van der Waals surface area (Å²) in [5.41, 5.74) is 0. The first-order valence-electron chi connectivity index (χ1n) is 5.86. The Hall–Kier alpha value is -1.42. The topological polar surface area (TPSA) is 47.6 Å². The van der Waals surface area contributed by atoms with Crippen LogP contribution in [0.4, 0.5) is 0 Å². The molecule has 0 bridgehead atoms. The van der Waals surface area contributed by atoms with Gasteiger partial charge in [-0.3, -0.25) is 4.79 Å². The van der Waals surface area contributed by atoms with Crippen LogP contribution in [0.25, 0.3) is 0 Å². The summed E-state index contributed by atoms with van der Waals surface area (Å²) < 4.78 is 11.0. The van der Waals surface area contributed by atoms with E-state index in [1.807, 2.05) is 0 Å². The van der Waals surface area contributed by atoms with Gasteiger partial charge in [0.2, 0.25) is 5.91 Å². The highest BCUT2D eigenvalue weighted by Gasteiger charge is 2.35. The summed E-state index contributed by atoms with van der Waals surface area (Å²) in [7, 11) is 3.24. The molecule has 5 heteroatoms. The van der Waals surface area contributed by atoms with Crippen LogP contribution in [0.2, 0.25) is 5.02 Å². The molecule has 0 spiro atoms. The molecule has 1 fully saturated rings. The van der Waals surface area contributed by atoms with Crippen molar-refractivity contribution in [2.75, 3.05) is 14.2 Å². The molecule has 1 aromatic rings. The zero-order chi connectivity index (χ0) is 13.1. The molecule has 4 nitrogen and oxygen atoms in total. The molecule has 1 N–H and O–H groups in total. The zero-order valence-corrected chi connectivity index (χ0v) is 11.2. The van der Waals surface area contributed by atoms with E-state index in [9.17, 15) is 4.79 Å². The Morgan fingerprint density at radius 2 is 2.11 bits per heavy atom. The fourth-order valence-corrected chi connectivity index (χ4v) is 2.16. The molecule has 2 rings (SSSR count). The minimum Gasteiger partial charge on any atom is -0.493 e. The molecule has 1 saturated carbocycles. The van der Waals surface area contributed by atoms with E-state index >= 15 is 0 Å². The molecule has 1 aliphatic rings. The summed E-state index contributed by atoms with van der Waals surface area (Å²) in [5.74, 6) is 1.42. The van der Waals surface area contributed by atoms with Gasteiger partial charge in [-0.05, 0) is 25.0 Å². The van der Waals surface area contributed by atoms with Gasteiger partial charge < -0.3 is 14.8 Å². The van der Waals surface area contributed by atoms with Crippen LogP contribution >= 0.6 is 11.6 Å². The van der Waals surface area contributed by atoms with Gasteiger partial charge in [0.25, 0.3) is 0 Å². The van der Waals surface area contributed by atoms with Gasteiger partial charge in [0.15, 0.2) is 11.5 Å². The Morgan fingerprint density at radius 1 is 1.39 bits per heavy atom. The third kappa shape index (κ3) is 2.70. The van der Waals surface area contributed by atoms with Crippen molar-refractivity contribution < 1.29 is 14.3 Å². The largest absolute Gasteiger partial charge is 0.493 e. The van der Waals surface area contributed by atoms with Crippen LogP contribution in [-0.4, -0.2) is 26.2 Å². The fraction of sp³-hybridized carbons (Fsp3) is 0.462. The summed E-state index contributed by atoms with van der Waals surface area (Å²) >= 11 is 5.92. The number of ether oxygens (including phenoxy) is 2. The third-order valence-electron chi connectivity index (χ3n) is 3.13. The first kappa shape index (κ1) is 13.0. The number of methoxy groups -OCH3 is 1. The van der Waals surface area contributed by atoms with E-state index in [4.69, 9.17) is 21.1 Å². The van der Waals surface area contributed by atoms with Crippen molar-refractivity contribution in [1.29, 1.82) is 0 Å². The van der Waals surface area contributed by atoms with Crippen LogP contribution in [0, 0.1) is 5.92 Å². The molecule has 0 aromatic heterocycles. The quantitative estimate of drug-likeness (QED) is 0.912. The molecule has 0 unspecified atom stereocenters. The van der Waals surface area contributed by atoms with Crippen LogP contribution in [0.3, 0.4) is 0 Å². The number of hydrogen-bond donors (Lipinski definition) is 1. The average Bonchev–Trinajstić information content (AvgIpc) is 2.32. The lowest BCUT2D eigenvalue weighted by Gasteiger charge is -2.34. The third-order valence-corrected chi connectivity index (χ3v) is 3.37. The summed E-state index contributed by atoms with van der Waals surface area (Å²) in [5, 5.41) is 3.25. The van der Waals surface area contributed by atoms with Crippen LogP contribution in [-0.2, 0) is 4.79 Å². The number of rotatable bonds is 4. The molecule has 1 aliphatic carbocycles. The number of amides is 1. The lowest BCUT2D eigenvalue weighted by atomic mass is 9.81. The molecule has 0 heterocycles. The van der Waals surface area contributed by atoms with Gasteiger partial charge in [-0.25, -0.2) is 0 Å². The van der Waals surface area contributed by atoms with E-state index in [1.165, 1.54) is 0 Å². The van der Waals surface area contributed by atoms with Crippen molar-refractivity contribution >= 4 is 17.5 Å². The van der Waals surface area contributed by atoms with Gasteiger partial charge in [-0.2, -0.15) is 0 Å². The van der Waals surface area contributed by atoms with Gasteiger partial charge >= 0.3 is 0 Å². The second-order valence-corrected chi connectivity index (χ2v) is 4.75. The molecule has 0 radical (unpaired) electrons. The summed E-state index contributed by atoms with van der Waals surface area (Å²) in [6.07, 6.45) is 1.52. The molecule has 0 aliphatic heterocycles. The van der Waals surface area contributed by atoms with Crippen molar-refractivity contribution in [2.24, 2.45) is 5.92 Å². The van der Waals surface area contributed by atoms with E-state index < -0.39 is 0 Å². The Bertz CT molecular complexity index is 444. The SMILES string of the molecule is CNC(=O)C1CC(Oc2cc(Cl)ccc2OC)C1. The molecular formula is C13H16ClNO3. The van der Waals surface area contributed by atoms with E-state index in [2.05, 4.69) is 5.32 Å². The maximum Gasteiger partial charge on any atom is 0.223 e. The average molecular weight is 270 g/mol. The Morgan fingerprint density at radius 3 is 2.72 bits per heavy atom. The van der Waals surface area contributed by atoms with Crippen LogP contribution in [0.5, 0.6) is 11.5 Å². The lowest BCUT2D eigenvalue weighted by molar-refractivity contribution is -0.130. The second kappa shape index (κ2) is 5.48. The molecule has 1 aromatic carbocycles. The number of carbonyl (C=O) groups is 1. The first-order valence-corrected chi connectivity index (χ1v) is 6.23. The molecule has 98 valence electrons. The van der Waals surface area contributed by atoms with Crippen molar-refractivity contribution in [3.8, 4) is 11.5 Å². The maximum atomic E-state index is 11.4. The predicted molar refractivity (Wildman–Crippen MR) is 69.2 cm³/mol. The normalized spacial score (nSPS) is 21.9. The van der Waals surface area contributed by atoms with Gasteiger partial charge in [0.05, 0.1) is 7.11 Å². The highest BCUT2D eigenvalue weighted by atomic mass is 35.5. The highest BCUT2D eigenvalue weighted by Crippen LogP contribution is 2.36. The minimum absolute atomic E-state index is 0.0552. The summed E-state index contributed by atoms with van der Waals surface area (Å²) in [4.78, 5) is 11.4. The standard InChI is InChI=1S/C13H16ClNO3/c1-15-13(16)8-5-10(6-8)18-12-7-9(14)3-4-11(12)17-2/h3-4,7-8,10H,5-6H2,1-2H3,(H,15,16). The first-order chi connectivity index (χ1) is 8.63. The van der Waals surface area contributed by atoms with Crippen molar-refractivity contribution in [3.63, 3.8) is 0 Å². The van der Waals surface area contributed by atoms with Crippen LogP contribution in [0.15, 0.2) is 18.2 Å². The minimum atomic E-state index is 0.0552. The molecule has 18 heavy (non-hydrogen) atoms. The Labute approximate surface area is 111 Å². The van der Waals surface area contributed by atoms with Crippen molar-refractivity contribution in [1.82, 2.24) is 5.32 Å². The van der Waals surface area contributed by atoms with E-state index in [1.54, 1.807) is 32.4 Å². The van der Waals surface area contributed by atoms with Crippen molar-refractivity contribution in [3.05, 3.63) is 23.2 Å². The van der Waals surface area contributed by atoms with Crippen LogP contribution < -0.4 is 14.8 Å². The number of carbonyl (C=O) groups excluding carboxylic acids is 1. The number of nitrogens with one attached hydrogen (secondary N) is 1.